The third-order valence-electron chi connectivity index (χ3n) is 3.35. The number of para-hydroxylation sites is 2. The Hall–Kier alpha value is -1.94. The van der Waals surface area contributed by atoms with Crippen LogP contribution in [0.1, 0.15) is 12.8 Å². The summed E-state index contributed by atoms with van der Waals surface area (Å²) in [4.78, 5) is 16.1. The second kappa shape index (κ2) is 4.97. The van der Waals surface area contributed by atoms with Crippen molar-refractivity contribution in [1.82, 2.24) is 14.9 Å². The van der Waals surface area contributed by atoms with E-state index in [1.807, 2.05) is 24.3 Å². The van der Waals surface area contributed by atoms with Gasteiger partial charge in [-0.3, -0.25) is 4.79 Å². The summed E-state index contributed by atoms with van der Waals surface area (Å²) in [6.07, 6.45) is 3.89. The van der Waals surface area contributed by atoms with Crippen molar-refractivity contribution in [2.45, 2.75) is 25.4 Å². The second-order valence-corrected chi connectivity index (χ2v) is 5.08. The number of rotatable bonds is 5. The molecule has 1 saturated carbocycles. The van der Waals surface area contributed by atoms with Gasteiger partial charge in [-0.25, -0.2) is 4.98 Å². The van der Waals surface area contributed by atoms with E-state index in [4.69, 9.17) is 0 Å². The van der Waals surface area contributed by atoms with Gasteiger partial charge >= 0.3 is 0 Å². The Morgan fingerprint density at radius 3 is 3.00 bits per heavy atom. The maximum absolute atomic E-state index is 12.0. The number of hydrogen-bond donors (Lipinski definition) is 1. The Kier molecular flexibility index (Phi) is 3.17. The molecule has 0 atom stereocenters. The fraction of sp³-hybridized carbons (Fsp3) is 0.333. The van der Waals surface area contributed by atoms with E-state index in [1.165, 1.54) is 19.0 Å². The molecule has 1 aliphatic carbocycles. The lowest BCUT2D eigenvalue weighted by Gasteiger charge is -2.12. The number of nitrogens with zero attached hydrogens (tertiary/aromatic N) is 2. The molecule has 98 valence electrons. The number of hydrogen-bond acceptors (Lipinski definition) is 3. The molecule has 0 spiro atoms. The van der Waals surface area contributed by atoms with Gasteiger partial charge < -0.3 is 9.88 Å². The van der Waals surface area contributed by atoms with Crippen molar-refractivity contribution in [2.75, 3.05) is 6.54 Å². The maximum atomic E-state index is 12.0. The smallest absolute Gasteiger partial charge is 0.269 e. The molecule has 0 bridgehead atoms. The third-order valence-corrected chi connectivity index (χ3v) is 3.35. The zero-order chi connectivity index (χ0) is 13.2. The van der Waals surface area contributed by atoms with Crippen LogP contribution in [0.2, 0.25) is 0 Å². The van der Waals surface area contributed by atoms with E-state index in [2.05, 4.69) is 16.9 Å². The topological polar surface area (TPSA) is 46.9 Å². The first-order valence-electron chi connectivity index (χ1n) is 6.58. The molecule has 0 unspecified atom stereocenters. The lowest BCUT2D eigenvalue weighted by atomic mass is 10.2. The molecular formula is C15H17N3O. The summed E-state index contributed by atoms with van der Waals surface area (Å²) in [5.74, 6) is 0. The van der Waals surface area contributed by atoms with Crippen LogP contribution in [-0.4, -0.2) is 22.1 Å². The highest BCUT2D eigenvalue weighted by Crippen LogP contribution is 2.18. The van der Waals surface area contributed by atoms with E-state index in [1.54, 1.807) is 4.57 Å². The molecule has 1 aromatic heterocycles. The van der Waals surface area contributed by atoms with Crippen molar-refractivity contribution in [3.63, 3.8) is 0 Å². The molecule has 0 amide bonds. The monoisotopic (exact) mass is 255 g/mol. The largest absolute Gasteiger partial charge is 0.310 e. The molecule has 1 heterocycles. The summed E-state index contributed by atoms with van der Waals surface area (Å²) in [7, 11) is 0. The van der Waals surface area contributed by atoms with E-state index >= 15 is 0 Å². The summed E-state index contributed by atoms with van der Waals surface area (Å²) in [5.41, 5.74) is 2.64. The Morgan fingerprint density at radius 1 is 1.42 bits per heavy atom. The first kappa shape index (κ1) is 12.1. The number of nitrogens with one attached hydrogen (secondary N) is 1. The highest BCUT2D eigenvalue weighted by Gasteiger charge is 2.20. The standard InChI is InChI=1S/C15H17N3O/c1-11(8-16-12-6-7-12)10-18-14-5-3-2-4-13(14)17-9-15(18)19/h2-5,9,12,16H,1,6-8,10H2. The van der Waals surface area contributed by atoms with Gasteiger partial charge in [-0.1, -0.05) is 18.7 Å². The van der Waals surface area contributed by atoms with Crippen LogP contribution in [0.25, 0.3) is 11.0 Å². The Bertz CT molecular complexity index is 670. The van der Waals surface area contributed by atoms with Gasteiger partial charge in [-0.2, -0.15) is 0 Å². The zero-order valence-electron chi connectivity index (χ0n) is 10.8. The van der Waals surface area contributed by atoms with Gasteiger partial charge in [0.2, 0.25) is 0 Å². The molecule has 4 nitrogen and oxygen atoms in total. The van der Waals surface area contributed by atoms with Crippen LogP contribution < -0.4 is 10.9 Å². The van der Waals surface area contributed by atoms with Gasteiger partial charge in [-0.05, 0) is 30.5 Å². The van der Waals surface area contributed by atoms with Crippen LogP contribution in [-0.2, 0) is 6.54 Å². The molecule has 4 heteroatoms. The minimum atomic E-state index is -0.0775. The van der Waals surface area contributed by atoms with Gasteiger partial charge in [-0.15, -0.1) is 0 Å². The highest BCUT2D eigenvalue weighted by molar-refractivity contribution is 5.74. The molecule has 1 N–H and O–H groups in total. The van der Waals surface area contributed by atoms with Gasteiger partial charge in [0.25, 0.3) is 5.56 Å². The number of benzene rings is 1. The van der Waals surface area contributed by atoms with E-state index in [0.717, 1.165) is 23.2 Å². The highest BCUT2D eigenvalue weighted by atomic mass is 16.1. The normalized spacial score (nSPS) is 14.7. The Morgan fingerprint density at radius 2 is 2.21 bits per heavy atom. The minimum Gasteiger partial charge on any atom is -0.310 e. The van der Waals surface area contributed by atoms with Gasteiger partial charge in [0.05, 0.1) is 17.2 Å². The minimum absolute atomic E-state index is 0.0775. The summed E-state index contributed by atoms with van der Waals surface area (Å²) in [6.45, 7) is 5.37. The van der Waals surface area contributed by atoms with E-state index < -0.39 is 0 Å². The molecule has 19 heavy (non-hydrogen) atoms. The van der Waals surface area contributed by atoms with Crippen molar-refractivity contribution in [3.05, 3.63) is 53.0 Å². The summed E-state index contributed by atoms with van der Waals surface area (Å²) in [5, 5.41) is 3.41. The van der Waals surface area contributed by atoms with Crippen LogP contribution >= 0.6 is 0 Å². The first-order valence-corrected chi connectivity index (χ1v) is 6.58. The van der Waals surface area contributed by atoms with Crippen LogP contribution in [0.4, 0.5) is 0 Å². The van der Waals surface area contributed by atoms with Crippen molar-refractivity contribution in [3.8, 4) is 0 Å². The average molecular weight is 255 g/mol. The van der Waals surface area contributed by atoms with Crippen molar-refractivity contribution in [2.24, 2.45) is 0 Å². The van der Waals surface area contributed by atoms with Gasteiger partial charge in [0.15, 0.2) is 0 Å². The lowest BCUT2D eigenvalue weighted by Crippen LogP contribution is -2.25. The quantitative estimate of drug-likeness (QED) is 0.827. The first-order chi connectivity index (χ1) is 9.24. The summed E-state index contributed by atoms with van der Waals surface area (Å²) >= 11 is 0. The molecule has 0 aliphatic heterocycles. The van der Waals surface area contributed by atoms with Crippen molar-refractivity contribution < 1.29 is 0 Å². The van der Waals surface area contributed by atoms with Crippen molar-refractivity contribution in [1.29, 1.82) is 0 Å². The third kappa shape index (κ3) is 2.74. The van der Waals surface area contributed by atoms with E-state index in [-0.39, 0.29) is 5.56 Å². The Labute approximate surface area is 111 Å². The number of aromatic nitrogens is 2. The molecular weight excluding hydrogens is 238 g/mol. The molecule has 2 aromatic rings. The molecule has 1 aromatic carbocycles. The fourth-order valence-electron chi connectivity index (χ4n) is 2.13. The van der Waals surface area contributed by atoms with E-state index in [9.17, 15) is 4.79 Å². The van der Waals surface area contributed by atoms with Gasteiger partial charge in [0, 0.05) is 19.1 Å². The molecule has 1 fully saturated rings. The maximum Gasteiger partial charge on any atom is 0.269 e. The molecule has 1 aliphatic rings. The van der Waals surface area contributed by atoms with Crippen LogP contribution in [0.15, 0.2) is 47.4 Å². The fourth-order valence-corrected chi connectivity index (χ4v) is 2.13. The molecule has 3 rings (SSSR count). The molecule has 0 saturated heterocycles. The Balaban J connectivity index is 1.84. The van der Waals surface area contributed by atoms with E-state index in [0.29, 0.717) is 12.6 Å². The SMILES string of the molecule is C=C(CNC1CC1)Cn1c(=O)cnc2ccccc21. The van der Waals surface area contributed by atoms with Crippen molar-refractivity contribution >= 4 is 11.0 Å². The van der Waals surface area contributed by atoms with Crippen LogP contribution in [0, 0.1) is 0 Å². The average Bonchev–Trinajstić information content (AvgIpc) is 3.24. The van der Waals surface area contributed by atoms with Crippen LogP contribution in [0.3, 0.4) is 0 Å². The predicted octanol–water partition coefficient (Wildman–Crippen LogP) is 1.70. The predicted molar refractivity (Wildman–Crippen MR) is 76.2 cm³/mol. The zero-order valence-corrected chi connectivity index (χ0v) is 10.8. The van der Waals surface area contributed by atoms with Gasteiger partial charge in [0.1, 0.15) is 0 Å². The second-order valence-electron chi connectivity index (χ2n) is 5.08. The summed E-state index contributed by atoms with van der Waals surface area (Å²) < 4.78 is 1.74. The lowest BCUT2D eigenvalue weighted by molar-refractivity contribution is 0.680. The molecule has 0 radical (unpaired) electrons. The van der Waals surface area contributed by atoms with Crippen LogP contribution in [0.5, 0.6) is 0 Å². The summed E-state index contributed by atoms with van der Waals surface area (Å²) in [6, 6.07) is 8.34. The number of fused-ring (bicyclic) bond motifs is 1.